The minimum Gasteiger partial charge on any atom is -0.381 e. The zero-order chi connectivity index (χ0) is 11.5. The first kappa shape index (κ1) is 10.7. The molecule has 0 saturated carbocycles. The summed E-state index contributed by atoms with van der Waals surface area (Å²) in [5.41, 5.74) is 4.58. The van der Waals surface area contributed by atoms with Crippen LogP contribution < -0.4 is 11.4 Å². The molecule has 0 aliphatic rings. The van der Waals surface area contributed by atoms with E-state index in [1.807, 2.05) is 30.3 Å². The summed E-state index contributed by atoms with van der Waals surface area (Å²) in [6.07, 6.45) is 1.03. The summed E-state index contributed by atoms with van der Waals surface area (Å²) >= 11 is 1.08. The van der Waals surface area contributed by atoms with E-state index in [2.05, 4.69) is 4.98 Å². The molecule has 0 spiro atoms. The van der Waals surface area contributed by atoms with E-state index in [9.17, 15) is 9.18 Å². The van der Waals surface area contributed by atoms with Gasteiger partial charge < -0.3 is 5.73 Å². The lowest BCUT2D eigenvalue weighted by molar-refractivity contribution is 0.614. The average molecular weight is 237 g/mol. The molecule has 0 atom stereocenters. The van der Waals surface area contributed by atoms with Crippen LogP contribution in [0.25, 0.3) is 0 Å². The van der Waals surface area contributed by atoms with Gasteiger partial charge in [0, 0.05) is 4.90 Å². The van der Waals surface area contributed by atoms with Crippen molar-refractivity contribution in [2.45, 2.75) is 4.90 Å². The Morgan fingerprint density at radius 1 is 1.31 bits per heavy atom. The molecule has 0 bridgehead atoms. The maximum absolute atomic E-state index is 13.1. The zero-order valence-corrected chi connectivity index (χ0v) is 8.95. The third-order valence-electron chi connectivity index (χ3n) is 1.83. The highest BCUT2D eigenvalue weighted by Gasteiger charge is 2.06. The quantitative estimate of drug-likeness (QED) is 0.860. The number of nitrogen functional groups attached to an aromatic ring is 1. The Balaban J connectivity index is 2.36. The van der Waals surface area contributed by atoms with Crippen molar-refractivity contribution in [3.05, 3.63) is 52.8 Å². The summed E-state index contributed by atoms with van der Waals surface area (Å²) in [5, 5.41) is 0. The lowest BCUT2D eigenvalue weighted by Gasteiger charge is -2.04. The van der Waals surface area contributed by atoms with Crippen molar-refractivity contribution in [3.63, 3.8) is 0 Å². The van der Waals surface area contributed by atoms with Crippen LogP contribution in [0.15, 0.2) is 46.2 Å². The standard InChI is InChI=1S/C10H8FN3OS/c11-8-6-14(10(15)13-9(8)12)16-7-4-2-1-3-5-7/h1-6H,(H2,12,13,15). The lowest BCUT2D eigenvalue weighted by Crippen LogP contribution is -2.20. The Bertz CT molecular complexity index is 556. The molecule has 2 N–H and O–H groups in total. The van der Waals surface area contributed by atoms with Crippen molar-refractivity contribution in [3.8, 4) is 0 Å². The Morgan fingerprint density at radius 3 is 2.69 bits per heavy atom. The van der Waals surface area contributed by atoms with Gasteiger partial charge in [0.05, 0.1) is 6.20 Å². The molecule has 4 nitrogen and oxygen atoms in total. The fourth-order valence-corrected chi connectivity index (χ4v) is 1.86. The molecule has 1 heterocycles. The van der Waals surface area contributed by atoms with Gasteiger partial charge in [0.2, 0.25) is 0 Å². The summed E-state index contributed by atoms with van der Waals surface area (Å²) < 4.78 is 14.2. The first-order chi connectivity index (χ1) is 7.66. The van der Waals surface area contributed by atoms with Gasteiger partial charge in [-0.1, -0.05) is 18.2 Å². The molecule has 2 aromatic rings. The second-order valence-electron chi connectivity index (χ2n) is 2.99. The number of nitrogens with two attached hydrogens (primary N) is 1. The predicted octanol–water partition coefficient (Wildman–Crippen LogP) is 1.52. The summed E-state index contributed by atoms with van der Waals surface area (Å²) in [4.78, 5) is 15.6. The van der Waals surface area contributed by atoms with Crippen LogP contribution in [0.2, 0.25) is 0 Å². The van der Waals surface area contributed by atoms with Gasteiger partial charge in [-0.15, -0.1) is 0 Å². The Morgan fingerprint density at radius 2 is 2.00 bits per heavy atom. The molecule has 2 rings (SSSR count). The largest absolute Gasteiger partial charge is 0.381 e. The van der Waals surface area contributed by atoms with E-state index >= 15 is 0 Å². The molecule has 0 fully saturated rings. The fourth-order valence-electron chi connectivity index (χ4n) is 1.09. The number of rotatable bonds is 2. The highest BCUT2D eigenvalue weighted by molar-refractivity contribution is 7.97. The van der Waals surface area contributed by atoms with Crippen molar-refractivity contribution in [2.75, 3.05) is 5.73 Å². The second kappa shape index (κ2) is 4.36. The van der Waals surface area contributed by atoms with Crippen molar-refractivity contribution < 1.29 is 4.39 Å². The first-order valence-corrected chi connectivity index (χ1v) is 5.22. The number of halogens is 1. The van der Waals surface area contributed by atoms with Gasteiger partial charge in [0.25, 0.3) is 0 Å². The van der Waals surface area contributed by atoms with Gasteiger partial charge in [0.1, 0.15) is 0 Å². The molecule has 82 valence electrons. The van der Waals surface area contributed by atoms with Gasteiger partial charge in [-0.05, 0) is 24.1 Å². The highest BCUT2D eigenvalue weighted by Crippen LogP contribution is 2.18. The maximum Gasteiger partial charge on any atom is 0.360 e. The van der Waals surface area contributed by atoms with E-state index in [4.69, 9.17) is 5.73 Å². The summed E-state index contributed by atoms with van der Waals surface area (Å²) in [5.74, 6) is -1.09. The number of hydrogen-bond acceptors (Lipinski definition) is 4. The van der Waals surface area contributed by atoms with Crippen LogP contribution in [0, 0.1) is 5.82 Å². The van der Waals surface area contributed by atoms with Crippen LogP contribution in [-0.4, -0.2) is 8.96 Å². The molecular weight excluding hydrogens is 229 g/mol. The molecule has 0 radical (unpaired) electrons. The van der Waals surface area contributed by atoms with Gasteiger partial charge >= 0.3 is 5.69 Å². The Labute approximate surface area is 95.1 Å². The molecular formula is C10H8FN3OS. The van der Waals surface area contributed by atoms with Crippen LogP contribution in [0.1, 0.15) is 0 Å². The first-order valence-electron chi connectivity index (χ1n) is 4.45. The Hall–Kier alpha value is -1.82. The van der Waals surface area contributed by atoms with Gasteiger partial charge in [-0.2, -0.15) is 4.98 Å². The normalized spacial score (nSPS) is 10.3. The summed E-state index contributed by atoms with van der Waals surface area (Å²) in [6, 6.07) is 9.13. The number of nitrogens with zero attached hydrogens (tertiary/aromatic N) is 2. The third kappa shape index (κ3) is 2.22. The molecule has 1 aromatic carbocycles. The second-order valence-corrected chi connectivity index (χ2v) is 4.03. The van der Waals surface area contributed by atoms with E-state index < -0.39 is 11.5 Å². The summed E-state index contributed by atoms with van der Waals surface area (Å²) in [6.45, 7) is 0. The number of anilines is 1. The number of hydrogen-bond donors (Lipinski definition) is 1. The number of aromatic nitrogens is 2. The van der Waals surface area contributed by atoms with Crippen molar-refractivity contribution in [2.24, 2.45) is 0 Å². The van der Waals surface area contributed by atoms with E-state index in [0.29, 0.717) is 0 Å². The van der Waals surface area contributed by atoms with Crippen LogP contribution in [0.4, 0.5) is 10.2 Å². The fraction of sp³-hybridized carbons (Fsp3) is 0. The smallest absolute Gasteiger partial charge is 0.360 e. The SMILES string of the molecule is Nc1nc(=O)n(Sc2ccccc2)cc1F. The van der Waals surface area contributed by atoms with Crippen LogP contribution in [0.5, 0.6) is 0 Å². The van der Waals surface area contributed by atoms with Crippen molar-refractivity contribution in [1.29, 1.82) is 0 Å². The molecule has 1 aromatic heterocycles. The van der Waals surface area contributed by atoms with Crippen molar-refractivity contribution in [1.82, 2.24) is 8.96 Å². The predicted molar refractivity (Wildman–Crippen MR) is 60.6 cm³/mol. The number of benzene rings is 1. The molecule has 0 aliphatic heterocycles. The third-order valence-corrected chi connectivity index (χ3v) is 2.77. The minimum atomic E-state index is -0.706. The van der Waals surface area contributed by atoms with Gasteiger partial charge in [0.15, 0.2) is 11.6 Å². The topological polar surface area (TPSA) is 60.9 Å². The molecule has 16 heavy (non-hydrogen) atoms. The van der Waals surface area contributed by atoms with Crippen LogP contribution >= 0.6 is 11.9 Å². The minimum absolute atomic E-state index is 0.380. The molecule has 0 aliphatic carbocycles. The van der Waals surface area contributed by atoms with E-state index in [1.165, 1.54) is 0 Å². The van der Waals surface area contributed by atoms with Gasteiger partial charge in [-0.3, -0.25) is 0 Å². The van der Waals surface area contributed by atoms with Crippen LogP contribution in [0.3, 0.4) is 0 Å². The molecule has 6 heteroatoms. The average Bonchev–Trinajstić information content (AvgIpc) is 2.27. The molecule has 0 saturated heterocycles. The Kier molecular flexibility index (Phi) is 2.91. The maximum atomic E-state index is 13.1. The van der Waals surface area contributed by atoms with Crippen molar-refractivity contribution >= 4 is 17.8 Å². The van der Waals surface area contributed by atoms with E-state index in [1.54, 1.807) is 0 Å². The highest BCUT2D eigenvalue weighted by atomic mass is 32.2. The lowest BCUT2D eigenvalue weighted by atomic mass is 10.4. The van der Waals surface area contributed by atoms with Gasteiger partial charge in [-0.25, -0.2) is 13.2 Å². The zero-order valence-electron chi connectivity index (χ0n) is 8.13. The summed E-state index contributed by atoms with van der Waals surface area (Å²) in [7, 11) is 0. The monoisotopic (exact) mass is 237 g/mol. The van der Waals surface area contributed by atoms with E-state index in [0.717, 1.165) is 27.0 Å². The van der Waals surface area contributed by atoms with E-state index in [-0.39, 0.29) is 5.82 Å². The molecule has 0 unspecified atom stereocenters. The van der Waals surface area contributed by atoms with Crippen LogP contribution in [-0.2, 0) is 0 Å². The molecule has 0 amide bonds.